The number of hydrogen-bond acceptors (Lipinski definition) is 1. The molecule has 0 aliphatic heterocycles. The van der Waals surface area contributed by atoms with E-state index in [0.717, 1.165) is 0 Å². The van der Waals surface area contributed by atoms with Gasteiger partial charge < -0.3 is 4.74 Å². The summed E-state index contributed by atoms with van der Waals surface area (Å²) >= 11 is 0. The molecule has 0 aromatic carbocycles. The van der Waals surface area contributed by atoms with Crippen LogP contribution in [0.25, 0.3) is 0 Å². The van der Waals surface area contributed by atoms with Gasteiger partial charge in [0.1, 0.15) is 0 Å². The third-order valence-corrected chi connectivity index (χ3v) is 0. The van der Waals surface area contributed by atoms with Crippen LogP contribution in [0.3, 0.4) is 0 Å². The maximum absolute atomic E-state index is 4.60. The summed E-state index contributed by atoms with van der Waals surface area (Å²) in [6.45, 7) is 1.65. The summed E-state index contributed by atoms with van der Waals surface area (Å²) in [7, 11) is 3.25. The van der Waals surface area contributed by atoms with E-state index in [-0.39, 0.29) is 306 Å². The van der Waals surface area contributed by atoms with Crippen LogP contribution in [0.4, 0.5) is 0 Å². The van der Waals surface area contributed by atoms with Crippen molar-refractivity contribution in [3.05, 3.63) is 0 Å². The molecule has 0 fully saturated rings. The van der Waals surface area contributed by atoms with Gasteiger partial charge >= 0.3 is 0 Å². The second kappa shape index (κ2) is 131. The first-order valence-electron chi connectivity index (χ1n) is 1.61. The van der Waals surface area contributed by atoms with Crippen LogP contribution in [-0.2, 0) is 152 Å². The molecule has 0 radical (unpaired) electrons. The molecular formula is C6H14Ar4OW7. The van der Waals surface area contributed by atoms with Crippen molar-refractivity contribution in [3.8, 4) is 12.3 Å². The molecule has 18 heavy (non-hydrogen) atoms. The van der Waals surface area contributed by atoms with E-state index in [4.69, 9.17) is 0 Å². The molecule has 0 saturated carbocycles. The van der Waals surface area contributed by atoms with Gasteiger partial charge in [-0.3, -0.25) is 0 Å². The van der Waals surface area contributed by atoms with Gasteiger partial charge in [-0.1, -0.05) is 7.43 Å². The molecule has 0 saturated heterocycles. The minimum Gasteiger partial charge on any atom is -0.388 e. The third-order valence-electron chi connectivity index (χ3n) is 0. The Balaban J connectivity index is -0.000000000889. The SMILES string of the molecule is C.C#CC.COC.[Ar].[Ar].[Ar].[Ar].[W].[W].[W].[W].[W].[W].[W]. The van der Waals surface area contributed by atoms with Crippen LogP contribution in [0, 0.1) is 163 Å². The van der Waals surface area contributed by atoms with Crippen LogP contribution >= 0.6 is 0 Å². The van der Waals surface area contributed by atoms with Gasteiger partial charge in [0.25, 0.3) is 0 Å². The van der Waals surface area contributed by atoms with E-state index in [1.54, 1.807) is 21.1 Å². The molecule has 0 aromatic heterocycles. The van der Waals surface area contributed by atoms with Gasteiger partial charge in [0.15, 0.2) is 0 Å². The zero-order valence-corrected chi connectivity index (χ0v) is 32.1. The molecule has 1 nitrogen and oxygen atoms in total. The molecule has 0 aliphatic rings. The zero-order chi connectivity index (χ0) is 5.41. The Bertz CT molecular complexity index is 61.7. The van der Waals surface area contributed by atoms with E-state index < -0.39 is 0 Å². The topological polar surface area (TPSA) is 9.23 Å². The average Bonchev–Trinajstić information content (AvgIpc) is 1.39. The molecule has 0 rings (SSSR count). The second-order valence-electron chi connectivity index (χ2n) is 0.697. The molecule has 0 spiro atoms. The van der Waals surface area contributed by atoms with Crippen molar-refractivity contribution in [1.82, 2.24) is 0 Å². The van der Waals surface area contributed by atoms with Gasteiger partial charge in [-0.15, -0.1) is 12.3 Å². The van der Waals surface area contributed by atoms with Crippen LogP contribution < -0.4 is 0 Å². The Morgan fingerprint density at radius 1 is 0.667 bits per heavy atom. The van der Waals surface area contributed by atoms with Crippen molar-refractivity contribution in [2.45, 2.75) is 14.4 Å². The molecule has 0 aromatic rings. The predicted octanol–water partition coefficient (Wildman–Crippen LogP) is 1.52. The normalized spacial score (nSPS) is 1.44. The van der Waals surface area contributed by atoms with Crippen LogP contribution in [-0.4, -0.2) is 14.2 Å². The quantitative estimate of drug-likeness (QED) is 0.335. The van der Waals surface area contributed by atoms with E-state index in [0.29, 0.717) is 0 Å². The Kier molecular flexibility index (Phi) is 776. The fourth-order valence-electron chi connectivity index (χ4n) is 0. The van der Waals surface area contributed by atoms with E-state index in [2.05, 4.69) is 17.1 Å². The maximum Gasteiger partial charge on any atom is 0.0351 e. The first-order chi connectivity index (χ1) is 2.83. The van der Waals surface area contributed by atoms with Gasteiger partial charge in [-0.05, 0) is 6.92 Å². The molecule has 0 aliphatic carbocycles. The molecule has 12 heteroatoms. The fourth-order valence-corrected chi connectivity index (χ4v) is 0. The molecule has 0 amide bonds. The molecule has 0 unspecified atom stereocenters. The predicted molar refractivity (Wildman–Crippen MR) is 34.2 cm³/mol. The van der Waals surface area contributed by atoms with Crippen molar-refractivity contribution in [2.75, 3.05) is 14.2 Å². The Hall–Kier alpha value is 9.38. The van der Waals surface area contributed by atoms with Crippen molar-refractivity contribution in [3.63, 3.8) is 0 Å². The first-order valence-corrected chi connectivity index (χ1v) is 1.61. The number of rotatable bonds is 0. The van der Waals surface area contributed by atoms with Gasteiger partial charge in [0.05, 0.1) is 0 Å². The van der Waals surface area contributed by atoms with Crippen LogP contribution in [0.1, 0.15) is 14.4 Å². The van der Waals surface area contributed by atoms with E-state index in [1.807, 2.05) is 0 Å². The minimum atomic E-state index is 0. The standard InChI is InChI=1S/C3H4.C2H6O.CH4.4Ar.7W/c2*1-3-2;;;;;;;;;;;;/h1H,2H3;1-2H3;1H4;;;;;;;;;;;. The minimum absolute atomic E-state index is 0. The average molecular weight is 1550 g/mol. The summed E-state index contributed by atoms with van der Waals surface area (Å²) in [5, 5.41) is 0. The number of hydrogen-bond donors (Lipinski definition) is 0. The summed E-state index contributed by atoms with van der Waals surface area (Å²) in [5.41, 5.74) is 0. The first kappa shape index (κ1) is 106. The van der Waals surface area contributed by atoms with Crippen molar-refractivity contribution in [1.29, 1.82) is 0 Å². The summed E-state index contributed by atoms with van der Waals surface area (Å²) in [6, 6.07) is 0. The molecule has 0 N–H and O–H groups in total. The summed E-state index contributed by atoms with van der Waals surface area (Å²) in [6.07, 6.45) is 4.60. The summed E-state index contributed by atoms with van der Waals surface area (Å²) in [4.78, 5) is 0. The molecular weight excluding hydrogens is 1530 g/mol. The van der Waals surface area contributed by atoms with Crippen molar-refractivity contribution < 1.29 is 303 Å². The van der Waals surface area contributed by atoms with Crippen molar-refractivity contribution in [2.24, 2.45) is 0 Å². The zero-order valence-electron chi connectivity index (χ0n) is 8.76. The van der Waals surface area contributed by atoms with E-state index >= 15 is 0 Å². The summed E-state index contributed by atoms with van der Waals surface area (Å²) < 4.78 is 4.25. The fraction of sp³-hybridized carbons (Fsp3) is 0.667. The summed E-state index contributed by atoms with van der Waals surface area (Å²) in [5.74, 6) is 2.25. The van der Waals surface area contributed by atoms with Gasteiger partial charge in [-0.25, -0.2) is 0 Å². The number of ether oxygens (including phenoxy) is 1. The van der Waals surface area contributed by atoms with Crippen LogP contribution in [0.2, 0.25) is 0 Å². The van der Waals surface area contributed by atoms with Gasteiger partial charge in [0.2, 0.25) is 0 Å². The monoisotopic (exact) mass is 1550 g/mol. The van der Waals surface area contributed by atoms with Crippen molar-refractivity contribution >= 4 is 0 Å². The van der Waals surface area contributed by atoms with Crippen LogP contribution in [0.5, 0.6) is 0 Å². The smallest absolute Gasteiger partial charge is 0.0351 e. The van der Waals surface area contributed by atoms with Gasteiger partial charge in [0, 0.05) is 313 Å². The second-order valence-corrected chi connectivity index (χ2v) is 0.697. The third kappa shape index (κ3) is 172. The Labute approximate surface area is 334 Å². The van der Waals surface area contributed by atoms with E-state index in [1.165, 1.54) is 0 Å². The largest absolute Gasteiger partial charge is 0.388 e. The number of terminal acetylenes is 1. The Morgan fingerprint density at radius 3 is 0.667 bits per heavy atom. The maximum atomic E-state index is 4.60. The molecule has 0 bridgehead atoms. The molecule has 118 valence electrons. The van der Waals surface area contributed by atoms with Crippen LogP contribution in [0.15, 0.2) is 0 Å². The molecule has 0 atom stereocenters. The van der Waals surface area contributed by atoms with E-state index in [9.17, 15) is 0 Å². The number of methoxy groups -OCH3 is 1. The molecule has 0 heterocycles. The Morgan fingerprint density at radius 2 is 0.667 bits per heavy atom. The van der Waals surface area contributed by atoms with Gasteiger partial charge in [-0.2, -0.15) is 0 Å².